The number of piperidine rings is 1. The molecule has 2 aromatic rings. The van der Waals surface area contributed by atoms with E-state index in [4.69, 9.17) is 0 Å². The molecule has 150 valence electrons. The Kier molecular flexibility index (Phi) is 6.98. The van der Waals surface area contributed by atoms with E-state index >= 15 is 0 Å². The largest absolute Gasteiger partial charge is 0.435 e. The van der Waals surface area contributed by atoms with Gasteiger partial charge in [0.05, 0.1) is 18.6 Å². The fraction of sp³-hybridized carbons (Fsp3) is 0.409. The first-order valence-electron chi connectivity index (χ1n) is 9.76. The molecule has 0 radical (unpaired) electrons. The lowest BCUT2D eigenvalue weighted by Gasteiger charge is -2.30. The van der Waals surface area contributed by atoms with Crippen molar-refractivity contribution in [1.82, 2.24) is 5.32 Å². The predicted octanol–water partition coefficient (Wildman–Crippen LogP) is 2.95. The van der Waals surface area contributed by atoms with Crippen molar-refractivity contribution in [2.24, 2.45) is 0 Å². The summed E-state index contributed by atoms with van der Waals surface area (Å²) in [6.45, 7) is 0.796. The van der Waals surface area contributed by atoms with Crippen LogP contribution in [0.25, 0.3) is 0 Å². The van der Waals surface area contributed by atoms with Crippen LogP contribution >= 0.6 is 0 Å². The molecule has 2 N–H and O–H groups in total. The Morgan fingerprint density at radius 3 is 2.43 bits per heavy atom. The van der Waals surface area contributed by atoms with Crippen LogP contribution < -0.4 is 15.0 Å². The van der Waals surface area contributed by atoms with Gasteiger partial charge in [0.15, 0.2) is 6.54 Å². The lowest BCUT2D eigenvalue weighted by Crippen LogP contribution is -3.17. The quantitative estimate of drug-likeness (QED) is 0.765. The van der Waals surface area contributed by atoms with Gasteiger partial charge in [-0.2, -0.15) is 8.78 Å². The Hall–Kier alpha value is -2.47. The van der Waals surface area contributed by atoms with Gasteiger partial charge < -0.3 is 15.0 Å². The van der Waals surface area contributed by atoms with Crippen molar-refractivity contribution in [2.75, 3.05) is 13.1 Å². The van der Waals surface area contributed by atoms with Crippen LogP contribution in [-0.4, -0.2) is 31.7 Å². The number of quaternary nitrogens is 1. The van der Waals surface area contributed by atoms with Crippen LogP contribution in [-0.2, 0) is 4.79 Å². The number of alkyl halides is 2. The third-order valence-electron chi connectivity index (χ3n) is 5.35. The second-order valence-corrected chi connectivity index (χ2v) is 7.34. The number of nitrogens with one attached hydrogen (secondary N) is 2. The first-order chi connectivity index (χ1) is 13.5. The number of carbonyl (C=O) groups is 1. The summed E-state index contributed by atoms with van der Waals surface area (Å²) in [7, 11) is 0. The second kappa shape index (κ2) is 9.64. The molecule has 0 aliphatic carbocycles. The van der Waals surface area contributed by atoms with E-state index in [2.05, 4.69) is 17.0 Å². The third-order valence-corrected chi connectivity index (χ3v) is 5.35. The average Bonchev–Trinajstić information content (AvgIpc) is 2.69. The van der Waals surface area contributed by atoms with Crippen LogP contribution in [0.1, 0.15) is 43.4 Å². The van der Waals surface area contributed by atoms with Crippen molar-refractivity contribution in [2.45, 2.75) is 44.9 Å². The average molecular weight is 389 g/mol. The topological polar surface area (TPSA) is 42.8 Å². The van der Waals surface area contributed by atoms with Crippen LogP contribution in [0.3, 0.4) is 0 Å². The van der Waals surface area contributed by atoms with Gasteiger partial charge in [-0.25, -0.2) is 0 Å². The Balaban J connectivity index is 1.75. The van der Waals surface area contributed by atoms with Gasteiger partial charge >= 0.3 is 6.61 Å². The standard InChI is InChI=1S/C22H26F2N2O2/c1-16-7-5-6-14-26(16)15-20(27)25-21(17-8-3-2-4-9-17)18-10-12-19(13-11-18)28-22(23)24/h2-4,8-13,16,21-22H,5-7,14-15H2,1H3,(H,25,27)/p+1/t16-,21-/m0/s1. The highest BCUT2D eigenvalue weighted by Gasteiger charge is 2.26. The van der Waals surface area contributed by atoms with Gasteiger partial charge in [-0.1, -0.05) is 42.5 Å². The molecule has 3 atom stereocenters. The second-order valence-electron chi connectivity index (χ2n) is 7.34. The van der Waals surface area contributed by atoms with E-state index in [1.807, 2.05) is 30.3 Å². The maximum Gasteiger partial charge on any atom is 0.387 e. The predicted molar refractivity (Wildman–Crippen MR) is 104 cm³/mol. The number of halogens is 2. The van der Waals surface area contributed by atoms with Gasteiger partial charge in [0.25, 0.3) is 5.91 Å². The zero-order chi connectivity index (χ0) is 19.9. The first-order valence-corrected chi connectivity index (χ1v) is 9.76. The molecule has 1 amide bonds. The third kappa shape index (κ3) is 5.52. The molecule has 1 fully saturated rings. The van der Waals surface area contributed by atoms with Gasteiger partial charge in [0.1, 0.15) is 5.75 Å². The molecule has 1 aliphatic rings. The van der Waals surface area contributed by atoms with Crippen molar-refractivity contribution in [3.8, 4) is 5.75 Å². The number of carbonyl (C=O) groups excluding carboxylic acids is 1. The number of ether oxygens (including phenoxy) is 1. The first kappa shape index (κ1) is 20.3. The fourth-order valence-electron chi connectivity index (χ4n) is 3.78. The number of hydrogen-bond donors (Lipinski definition) is 2. The molecule has 0 bridgehead atoms. The van der Waals surface area contributed by atoms with Crippen molar-refractivity contribution >= 4 is 5.91 Å². The smallest absolute Gasteiger partial charge is 0.387 e. The molecule has 3 rings (SSSR count). The Morgan fingerprint density at radius 1 is 1.11 bits per heavy atom. The summed E-state index contributed by atoms with van der Waals surface area (Å²) in [4.78, 5) is 14.1. The molecule has 1 heterocycles. The molecule has 1 aliphatic heterocycles. The maximum atomic E-state index is 12.8. The molecule has 2 aromatic carbocycles. The molecule has 1 saturated heterocycles. The van der Waals surface area contributed by atoms with Gasteiger partial charge in [0, 0.05) is 0 Å². The Morgan fingerprint density at radius 2 is 1.79 bits per heavy atom. The highest BCUT2D eigenvalue weighted by Crippen LogP contribution is 2.24. The monoisotopic (exact) mass is 389 g/mol. The number of amides is 1. The zero-order valence-electron chi connectivity index (χ0n) is 16.0. The summed E-state index contributed by atoms with van der Waals surface area (Å²) in [6.07, 6.45) is 3.53. The number of likely N-dealkylation sites (tertiary alicyclic amines) is 1. The van der Waals surface area contributed by atoms with E-state index in [-0.39, 0.29) is 17.7 Å². The summed E-state index contributed by atoms with van der Waals surface area (Å²) >= 11 is 0. The summed E-state index contributed by atoms with van der Waals surface area (Å²) in [5, 5.41) is 3.13. The van der Waals surface area contributed by atoms with Crippen molar-refractivity contribution < 1.29 is 23.2 Å². The SMILES string of the molecule is C[C@H]1CCCC[NH+]1CC(=O)N[C@@H](c1ccccc1)c1ccc(OC(F)F)cc1. The Labute approximate surface area is 164 Å². The maximum absolute atomic E-state index is 12.8. The van der Waals surface area contributed by atoms with Crippen LogP contribution in [0.2, 0.25) is 0 Å². The Bertz CT molecular complexity index is 753. The van der Waals surface area contributed by atoms with E-state index in [1.54, 1.807) is 12.1 Å². The molecule has 1 unspecified atom stereocenters. The molecule has 0 saturated carbocycles. The van der Waals surface area contributed by atoms with Crippen LogP contribution in [0.5, 0.6) is 5.75 Å². The molecule has 0 aromatic heterocycles. The lowest BCUT2D eigenvalue weighted by molar-refractivity contribution is -0.921. The van der Waals surface area contributed by atoms with Gasteiger partial charge in [-0.15, -0.1) is 0 Å². The van der Waals surface area contributed by atoms with Crippen molar-refractivity contribution in [1.29, 1.82) is 0 Å². The van der Waals surface area contributed by atoms with E-state index in [1.165, 1.54) is 23.5 Å². The van der Waals surface area contributed by atoms with Crippen LogP contribution in [0.4, 0.5) is 8.78 Å². The molecule has 28 heavy (non-hydrogen) atoms. The number of benzene rings is 2. The minimum atomic E-state index is -2.86. The lowest BCUT2D eigenvalue weighted by atomic mass is 9.98. The van der Waals surface area contributed by atoms with Gasteiger partial charge in [-0.05, 0) is 49.4 Å². The molecule has 0 spiro atoms. The highest BCUT2D eigenvalue weighted by atomic mass is 19.3. The van der Waals surface area contributed by atoms with E-state index < -0.39 is 6.61 Å². The van der Waals surface area contributed by atoms with Gasteiger partial charge in [-0.3, -0.25) is 4.79 Å². The van der Waals surface area contributed by atoms with Crippen LogP contribution in [0, 0.1) is 0 Å². The molecular weight excluding hydrogens is 362 g/mol. The highest BCUT2D eigenvalue weighted by molar-refractivity contribution is 5.78. The summed E-state index contributed by atoms with van der Waals surface area (Å²) in [6, 6.07) is 16.2. The molecule has 4 nitrogen and oxygen atoms in total. The molecular formula is C22H27F2N2O2+. The summed E-state index contributed by atoms with van der Waals surface area (Å²) in [5.74, 6) is 0.0917. The minimum Gasteiger partial charge on any atom is -0.435 e. The summed E-state index contributed by atoms with van der Waals surface area (Å²) in [5.41, 5.74) is 1.77. The van der Waals surface area contributed by atoms with E-state index in [9.17, 15) is 13.6 Å². The molecule has 6 heteroatoms. The number of hydrogen-bond acceptors (Lipinski definition) is 2. The van der Waals surface area contributed by atoms with Crippen LogP contribution in [0.15, 0.2) is 54.6 Å². The van der Waals surface area contributed by atoms with Gasteiger partial charge in [0.2, 0.25) is 0 Å². The summed E-state index contributed by atoms with van der Waals surface area (Å²) < 4.78 is 29.2. The zero-order valence-corrected chi connectivity index (χ0v) is 16.0. The normalized spacial score (nSPS) is 20.6. The number of rotatable bonds is 7. The van der Waals surface area contributed by atoms with Crippen molar-refractivity contribution in [3.05, 3.63) is 65.7 Å². The van der Waals surface area contributed by atoms with E-state index in [0.29, 0.717) is 12.6 Å². The van der Waals surface area contributed by atoms with E-state index in [0.717, 1.165) is 30.5 Å². The van der Waals surface area contributed by atoms with Crippen molar-refractivity contribution in [3.63, 3.8) is 0 Å². The fourth-order valence-corrected chi connectivity index (χ4v) is 3.78. The minimum absolute atomic E-state index is 0.00879.